The van der Waals surface area contributed by atoms with Crippen LogP contribution in [0.15, 0.2) is 38.6 Å². The topological polar surface area (TPSA) is 93.9 Å². The minimum atomic E-state index is -0.473. The number of carbonyl (C=O) groups excluding carboxylic acids is 1. The average Bonchev–Trinajstić information content (AvgIpc) is 3.27. The monoisotopic (exact) mass is 552 g/mol. The number of thiophene rings is 2. The molecule has 2 N–H and O–H groups in total. The molecule has 1 atom stereocenters. The van der Waals surface area contributed by atoms with Gasteiger partial charge in [-0.3, -0.25) is 9.69 Å². The first-order valence-corrected chi connectivity index (χ1v) is 13.9. The third-order valence-electron chi connectivity index (χ3n) is 6.98. The van der Waals surface area contributed by atoms with Crippen molar-refractivity contribution >= 4 is 49.4 Å². The van der Waals surface area contributed by atoms with Gasteiger partial charge in [0, 0.05) is 27.4 Å². The van der Waals surface area contributed by atoms with Crippen LogP contribution >= 0.6 is 38.6 Å². The van der Waals surface area contributed by atoms with E-state index >= 15 is 0 Å². The van der Waals surface area contributed by atoms with Gasteiger partial charge in [-0.15, -0.1) is 22.7 Å². The Morgan fingerprint density at radius 3 is 2.56 bits per heavy atom. The maximum Gasteiger partial charge on any atom is 0.162 e. The molecule has 0 fully saturated rings. The fraction of sp³-hybridized carbons (Fsp3) is 0.423. The summed E-state index contributed by atoms with van der Waals surface area (Å²) in [5.74, 6) is -0.0729. The van der Waals surface area contributed by atoms with Gasteiger partial charge in [0.2, 0.25) is 0 Å². The summed E-state index contributed by atoms with van der Waals surface area (Å²) >= 11 is 6.66. The molecule has 34 heavy (non-hydrogen) atoms. The van der Waals surface area contributed by atoms with Crippen molar-refractivity contribution in [2.24, 2.45) is 11.1 Å². The number of nitrogens with zero attached hydrogens (tertiary/aromatic N) is 3. The summed E-state index contributed by atoms with van der Waals surface area (Å²) in [6.07, 6.45) is 6.28. The molecule has 0 spiro atoms. The maximum absolute atomic E-state index is 13.6. The zero-order valence-electron chi connectivity index (χ0n) is 19.2. The van der Waals surface area contributed by atoms with Crippen LogP contribution in [0.5, 0.6) is 0 Å². The number of allylic oxidation sites excluding steroid dienone is 3. The molecule has 2 aromatic heterocycles. The number of nitrogens with two attached hydrogens (primary N) is 1. The second-order valence-electron chi connectivity index (χ2n) is 9.98. The third-order valence-corrected chi connectivity index (χ3v) is 9.94. The second-order valence-corrected chi connectivity index (χ2v) is 13.6. The summed E-state index contributed by atoms with van der Waals surface area (Å²) < 4.78 is 0.945. The van der Waals surface area contributed by atoms with Gasteiger partial charge in [-0.25, -0.2) is 0 Å². The van der Waals surface area contributed by atoms with Crippen LogP contribution < -0.4 is 10.6 Å². The van der Waals surface area contributed by atoms with Crippen molar-refractivity contribution < 1.29 is 4.79 Å². The zero-order chi connectivity index (χ0) is 24.2. The number of hydrogen-bond acceptors (Lipinski definition) is 7. The number of rotatable bonds is 2. The SMILES string of the molecule is CC1(C)CC(=O)C2=C(C1)N(c1sc3c(c1C#N)CCCCC3)C(N)=C(C#N)[C@@H]2c1ccc(Br)s1. The standard InChI is InChI=1S/C26H25BrN4OS2/c1-26(2)10-17-23(18(32)11-26)22(20-8-9-21(27)33-20)16(13-29)24(30)31(17)25-15(12-28)14-6-4-3-5-7-19(14)34-25/h8-9,22H,3-7,10-11,30H2,1-2H3/t22-/m1/s1. The molecular weight excluding hydrogens is 528 g/mol. The summed E-state index contributed by atoms with van der Waals surface area (Å²) in [7, 11) is 0. The van der Waals surface area contributed by atoms with Gasteiger partial charge in [0.25, 0.3) is 0 Å². The number of anilines is 1. The molecule has 2 aromatic rings. The lowest BCUT2D eigenvalue weighted by Gasteiger charge is -2.43. The number of nitriles is 2. The van der Waals surface area contributed by atoms with Gasteiger partial charge in [0.15, 0.2) is 5.78 Å². The Labute approximate surface area is 216 Å². The molecule has 0 radical (unpaired) electrons. The predicted octanol–water partition coefficient (Wildman–Crippen LogP) is 6.65. The van der Waals surface area contributed by atoms with Crippen molar-refractivity contribution in [2.45, 2.75) is 64.7 Å². The Balaban J connectivity index is 1.78. The summed E-state index contributed by atoms with van der Waals surface area (Å²) in [5.41, 5.74) is 10.2. The van der Waals surface area contributed by atoms with Crippen LogP contribution in [0, 0.1) is 28.1 Å². The number of hydrogen-bond donors (Lipinski definition) is 1. The minimum absolute atomic E-state index is 0.0580. The van der Waals surface area contributed by atoms with Crippen LogP contribution in [-0.2, 0) is 17.6 Å². The molecule has 5 nitrogen and oxygen atoms in total. The fourth-order valence-corrected chi connectivity index (χ4v) is 8.43. The van der Waals surface area contributed by atoms with Crippen LogP contribution in [0.2, 0.25) is 0 Å². The lowest BCUT2D eigenvalue weighted by atomic mass is 9.70. The molecule has 5 rings (SSSR count). The molecule has 1 aliphatic heterocycles. The number of fused-ring (bicyclic) bond motifs is 1. The number of carbonyl (C=O) groups is 1. The van der Waals surface area contributed by atoms with Gasteiger partial charge in [-0.05, 0) is 71.1 Å². The van der Waals surface area contributed by atoms with E-state index in [0.717, 1.165) is 50.6 Å². The normalized spacial score (nSPS) is 22.1. The molecule has 0 bridgehead atoms. The highest BCUT2D eigenvalue weighted by Crippen LogP contribution is 2.53. The molecule has 0 unspecified atom stereocenters. The van der Waals surface area contributed by atoms with E-state index in [1.54, 1.807) is 11.3 Å². The van der Waals surface area contributed by atoms with Gasteiger partial charge < -0.3 is 5.73 Å². The Bertz CT molecular complexity index is 1350. The minimum Gasteiger partial charge on any atom is -0.384 e. The molecule has 174 valence electrons. The Morgan fingerprint density at radius 2 is 1.88 bits per heavy atom. The number of halogens is 1. The van der Waals surface area contributed by atoms with E-state index in [1.165, 1.54) is 22.6 Å². The van der Waals surface area contributed by atoms with Crippen molar-refractivity contribution in [3.05, 3.63) is 59.5 Å². The van der Waals surface area contributed by atoms with Crippen molar-refractivity contribution in [3.63, 3.8) is 0 Å². The summed E-state index contributed by atoms with van der Waals surface area (Å²) in [6.45, 7) is 4.19. The molecule has 0 saturated carbocycles. The first-order valence-electron chi connectivity index (χ1n) is 11.5. The number of Topliss-reactive ketones (excluding diaryl/α,β-unsaturated/α-hetero) is 1. The van der Waals surface area contributed by atoms with E-state index in [9.17, 15) is 15.3 Å². The van der Waals surface area contributed by atoms with Gasteiger partial charge in [0.1, 0.15) is 16.9 Å². The zero-order valence-corrected chi connectivity index (χ0v) is 22.4. The Hall–Kier alpha value is -2.39. The first-order chi connectivity index (χ1) is 16.3. The predicted molar refractivity (Wildman–Crippen MR) is 139 cm³/mol. The Morgan fingerprint density at radius 1 is 1.12 bits per heavy atom. The van der Waals surface area contributed by atoms with Crippen LogP contribution in [-0.4, -0.2) is 5.78 Å². The van der Waals surface area contributed by atoms with Crippen LogP contribution in [0.25, 0.3) is 0 Å². The summed E-state index contributed by atoms with van der Waals surface area (Å²) in [4.78, 5) is 17.7. The smallest absolute Gasteiger partial charge is 0.162 e. The van der Waals surface area contributed by atoms with Gasteiger partial charge >= 0.3 is 0 Å². The molecule has 0 saturated heterocycles. The van der Waals surface area contributed by atoms with Crippen molar-refractivity contribution in [3.8, 4) is 12.1 Å². The van der Waals surface area contributed by atoms with Crippen LogP contribution in [0.3, 0.4) is 0 Å². The molecule has 0 aromatic carbocycles. The summed E-state index contributed by atoms with van der Waals surface area (Å²) in [6, 6.07) is 8.69. The molecule has 0 amide bonds. The highest BCUT2D eigenvalue weighted by molar-refractivity contribution is 9.11. The van der Waals surface area contributed by atoms with Gasteiger partial charge in [-0.2, -0.15) is 10.5 Å². The van der Waals surface area contributed by atoms with E-state index in [-0.39, 0.29) is 11.2 Å². The molecule has 8 heteroatoms. The second kappa shape index (κ2) is 8.68. The molecule has 3 aliphatic rings. The highest BCUT2D eigenvalue weighted by Gasteiger charge is 2.46. The lowest BCUT2D eigenvalue weighted by molar-refractivity contribution is -0.118. The van der Waals surface area contributed by atoms with E-state index in [0.29, 0.717) is 35.4 Å². The Kier molecular flexibility index (Phi) is 5.96. The average molecular weight is 554 g/mol. The summed E-state index contributed by atoms with van der Waals surface area (Å²) in [5, 5.41) is 21.2. The van der Waals surface area contributed by atoms with E-state index in [2.05, 4.69) is 41.9 Å². The fourth-order valence-electron chi connectivity index (χ4n) is 5.51. The van der Waals surface area contributed by atoms with E-state index < -0.39 is 5.92 Å². The van der Waals surface area contributed by atoms with E-state index in [4.69, 9.17) is 5.73 Å². The number of aryl methyl sites for hydroxylation is 1. The van der Waals surface area contributed by atoms with Gasteiger partial charge in [-0.1, -0.05) is 20.3 Å². The first kappa shape index (κ1) is 23.4. The quantitative estimate of drug-likeness (QED) is 0.420. The molecule has 3 heterocycles. The van der Waals surface area contributed by atoms with Crippen LogP contribution in [0.4, 0.5) is 5.00 Å². The van der Waals surface area contributed by atoms with Crippen molar-refractivity contribution in [2.75, 3.05) is 4.90 Å². The maximum atomic E-state index is 13.6. The van der Waals surface area contributed by atoms with Crippen LogP contribution in [0.1, 0.15) is 72.8 Å². The third kappa shape index (κ3) is 3.73. The van der Waals surface area contributed by atoms with Crippen molar-refractivity contribution in [1.82, 2.24) is 0 Å². The highest BCUT2D eigenvalue weighted by atomic mass is 79.9. The van der Waals surface area contributed by atoms with Gasteiger partial charge in [0.05, 0.1) is 26.9 Å². The molecular formula is C26H25BrN4OS2. The largest absolute Gasteiger partial charge is 0.384 e. The molecule has 2 aliphatic carbocycles. The van der Waals surface area contributed by atoms with Crippen molar-refractivity contribution in [1.29, 1.82) is 10.5 Å². The number of ketones is 1. The van der Waals surface area contributed by atoms with E-state index in [1.807, 2.05) is 17.0 Å². The lowest BCUT2D eigenvalue weighted by Crippen LogP contribution is -2.42.